The summed E-state index contributed by atoms with van der Waals surface area (Å²) in [5.41, 5.74) is 1.65. The summed E-state index contributed by atoms with van der Waals surface area (Å²) >= 11 is 12.0. The number of ether oxygens (including phenoxy) is 1. The number of anilines is 1. The van der Waals surface area contributed by atoms with Crippen LogP contribution in [0.1, 0.15) is 5.56 Å². The molecule has 0 aliphatic rings. The van der Waals surface area contributed by atoms with Crippen molar-refractivity contribution in [2.24, 2.45) is 0 Å². The Morgan fingerprint density at radius 3 is 2.70 bits per heavy atom. The number of para-hydroxylation sites is 2. The summed E-state index contributed by atoms with van der Waals surface area (Å²) in [5.74, 6) is 0.505. The van der Waals surface area contributed by atoms with Crippen LogP contribution in [0.5, 0.6) is 5.75 Å². The lowest BCUT2D eigenvalue weighted by molar-refractivity contribution is -0.115. The summed E-state index contributed by atoms with van der Waals surface area (Å²) in [7, 11) is 1.57. The van der Waals surface area contributed by atoms with Gasteiger partial charge in [-0.3, -0.25) is 4.79 Å². The first-order chi connectivity index (χ1) is 11.1. The quantitative estimate of drug-likeness (QED) is 0.745. The van der Waals surface area contributed by atoms with Crippen LogP contribution in [0.4, 0.5) is 5.69 Å². The van der Waals surface area contributed by atoms with Crippen LogP contribution in [0.3, 0.4) is 0 Å². The van der Waals surface area contributed by atoms with Crippen molar-refractivity contribution in [2.75, 3.05) is 25.5 Å². The summed E-state index contributed by atoms with van der Waals surface area (Å²) in [5, 5.41) is 7.15. The van der Waals surface area contributed by atoms with Gasteiger partial charge in [-0.1, -0.05) is 41.4 Å². The molecule has 2 aromatic carbocycles. The van der Waals surface area contributed by atoms with Crippen LogP contribution < -0.4 is 15.4 Å². The molecule has 0 aliphatic heterocycles. The Labute approximate surface area is 145 Å². The number of carbonyl (C=O) groups excluding carboxylic acids is 1. The number of nitrogens with one attached hydrogen (secondary N) is 2. The number of methoxy groups -OCH3 is 1. The summed E-state index contributed by atoms with van der Waals surface area (Å²) in [4.78, 5) is 11.9. The van der Waals surface area contributed by atoms with E-state index in [-0.39, 0.29) is 12.5 Å². The third-order valence-corrected chi connectivity index (χ3v) is 3.84. The Kier molecular flexibility index (Phi) is 6.71. The standard InChI is InChI=1S/C17H18Cl2N2O2/c1-23-16-5-3-2-4-15(16)21-17(22)11-20-9-8-12-6-7-13(18)10-14(12)19/h2-7,10,20H,8-9,11H2,1H3,(H,21,22). The number of benzene rings is 2. The fourth-order valence-electron chi connectivity index (χ4n) is 2.09. The second-order valence-corrected chi connectivity index (χ2v) is 5.75. The van der Waals surface area contributed by atoms with Gasteiger partial charge in [-0.05, 0) is 42.8 Å². The molecule has 2 N–H and O–H groups in total. The summed E-state index contributed by atoms with van der Waals surface area (Å²) in [6, 6.07) is 12.7. The molecule has 0 fully saturated rings. The molecule has 0 aromatic heterocycles. The van der Waals surface area contributed by atoms with Crippen LogP contribution in [0.2, 0.25) is 10.0 Å². The molecular weight excluding hydrogens is 335 g/mol. The number of hydrogen-bond acceptors (Lipinski definition) is 3. The lowest BCUT2D eigenvalue weighted by Gasteiger charge is -2.10. The molecule has 0 bridgehead atoms. The molecule has 0 radical (unpaired) electrons. The first kappa shape index (κ1) is 17.6. The monoisotopic (exact) mass is 352 g/mol. The zero-order valence-electron chi connectivity index (χ0n) is 12.7. The smallest absolute Gasteiger partial charge is 0.238 e. The van der Waals surface area contributed by atoms with Gasteiger partial charge in [0.15, 0.2) is 0 Å². The van der Waals surface area contributed by atoms with Crippen molar-refractivity contribution in [3.05, 3.63) is 58.1 Å². The van der Waals surface area contributed by atoms with Gasteiger partial charge in [0.05, 0.1) is 19.3 Å². The van der Waals surface area contributed by atoms with Crippen molar-refractivity contribution >= 4 is 34.8 Å². The maximum Gasteiger partial charge on any atom is 0.238 e. The van der Waals surface area contributed by atoms with E-state index < -0.39 is 0 Å². The summed E-state index contributed by atoms with van der Waals surface area (Å²) < 4.78 is 5.19. The van der Waals surface area contributed by atoms with E-state index in [1.165, 1.54) is 0 Å². The molecule has 0 heterocycles. The zero-order valence-corrected chi connectivity index (χ0v) is 14.2. The average molecular weight is 353 g/mol. The minimum Gasteiger partial charge on any atom is -0.495 e. The highest BCUT2D eigenvalue weighted by Crippen LogP contribution is 2.23. The lowest BCUT2D eigenvalue weighted by atomic mass is 10.1. The number of hydrogen-bond donors (Lipinski definition) is 2. The molecule has 6 heteroatoms. The van der Waals surface area contributed by atoms with E-state index in [2.05, 4.69) is 10.6 Å². The second kappa shape index (κ2) is 8.77. The molecule has 122 valence electrons. The number of carbonyl (C=O) groups is 1. The molecular formula is C17H18Cl2N2O2. The van der Waals surface area contributed by atoms with Crippen LogP contribution in [0, 0.1) is 0 Å². The van der Waals surface area contributed by atoms with Gasteiger partial charge in [-0.15, -0.1) is 0 Å². The molecule has 0 saturated heterocycles. The van der Waals surface area contributed by atoms with Crippen molar-refractivity contribution in [3.63, 3.8) is 0 Å². The highest BCUT2D eigenvalue weighted by Gasteiger charge is 2.07. The fraction of sp³-hybridized carbons (Fsp3) is 0.235. The Morgan fingerprint density at radius 2 is 1.96 bits per heavy atom. The molecule has 1 amide bonds. The Morgan fingerprint density at radius 1 is 1.17 bits per heavy atom. The van der Waals surface area contributed by atoms with E-state index in [1.807, 2.05) is 18.2 Å². The van der Waals surface area contributed by atoms with Crippen molar-refractivity contribution in [1.29, 1.82) is 0 Å². The van der Waals surface area contributed by atoms with Gasteiger partial charge in [-0.25, -0.2) is 0 Å². The minimum atomic E-state index is -0.128. The summed E-state index contributed by atoms with van der Waals surface area (Å²) in [6.07, 6.45) is 0.720. The molecule has 2 rings (SSSR count). The molecule has 4 nitrogen and oxygen atoms in total. The van der Waals surface area contributed by atoms with Crippen LogP contribution in [0.15, 0.2) is 42.5 Å². The van der Waals surface area contributed by atoms with Crippen LogP contribution in [-0.2, 0) is 11.2 Å². The minimum absolute atomic E-state index is 0.128. The lowest BCUT2D eigenvalue weighted by Crippen LogP contribution is -2.29. The Hall–Kier alpha value is -1.75. The maximum atomic E-state index is 11.9. The number of amides is 1. The van der Waals surface area contributed by atoms with Gasteiger partial charge in [0, 0.05) is 10.0 Å². The van der Waals surface area contributed by atoms with E-state index in [0.29, 0.717) is 28.0 Å². The molecule has 0 aliphatic carbocycles. The first-order valence-electron chi connectivity index (χ1n) is 7.17. The molecule has 2 aromatic rings. The van der Waals surface area contributed by atoms with Gasteiger partial charge >= 0.3 is 0 Å². The van der Waals surface area contributed by atoms with Crippen LogP contribution in [-0.4, -0.2) is 26.1 Å². The first-order valence-corrected chi connectivity index (χ1v) is 7.93. The Bertz CT molecular complexity index is 677. The molecule has 0 atom stereocenters. The second-order valence-electron chi connectivity index (χ2n) is 4.91. The van der Waals surface area contributed by atoms with Crippen molar-refractivity contribution < 1.29 is 9.53 Å². The molecule has 0 saturated carbocycles. The predicted molar refractivity (Wildman–Crippen MR) is 94.7 cm³/mol. The topological polar surface area (TPSA) is 50.4 Å². The van der Waals surface area contributed by atoms with Crippen molar-refractivity contribution in [2.45, 2.75) is 6.42 Å². The molecule has 0 spiro atoms. The Balaban J connectivity index is 1.76. The van der Waals surface area contributed by atoms with E-state index in [1.54, 1.807) is 31.4 Å². The average Bonchev–Trinajstić information content (AvgIpc) is 2.53. The number of halogens is 2. The van der Waals surface area contributed by atoms with Gasteiger partial charge in [0.25, 0.3) is 0 Å². The van der Waals surface area contributed by atoms with E-state index >= 15 is 0 Å². The van der Waals surface area contributed by atoms with E-state index in [4.69, 9.17) is 27.9 Å². The zero-order chi connectivity index (χ0) is 16.7. The van der Waals surface area contributed by atoms with Crippen LogP contribution in [0.25, 0.3) is 0 Å². The maximum absolute atomic E-state index is 11.9. The van der Waals surface area contributed by atoms with Crippen molar-refractivity contribution in [1.82, 2.24) is 5.32 Å². The van der Waals surface area contributed by atoms with E-state index in [9.17, 15) is 4.79 Å². The van der Waals surface area contributed by atoms with Gasteiger partial charge < -0.3 is 15.4 Å². The van der Waals surface area contributed by atoms with Crippen LogP contribution >= 0.6 is 23.2 Å². The highest BCUT2D eigenvalue weighted by molar-refractivity contribution is 6.35. The molecule has 0 unspecified atom stereocenters. The SMILES string of the molecule is COc1ccccc1NC(=O)CNCCc1ccc(Cl)cc1Cl. The number of rotatable bonds is 7. The highest BCUT2D eigenvalue weighted by atomic mass is 35.5. The van der Waals surface area contributed by atoms with E-state index in [0.717, 1.165) is 12.0 Å². The fourth-order valence-corrected chi connectivity index (χ4v) is 2.59. The van der Waals surface area contributed by atoms with Gasteiger partial charge in [-0.2, -0.15) is 0 Å². The largest absolute Gasteiger partial charge is 0.495 e. The predicted octanol–water partition coefficient (Wildman–Crippen LogP) is 3.77. The molecule has 23 heavy (non-hydrogen) atoms. The van der Waals surface area contributed by atoms with Gasteiger partial charge in [0.1, 0.15) is 5.75 Å². The normalized spacial score (nSPS) is 10.4. The third kappa shape index (κ3) is 5.43. The van der Waals surface area contributed by atoms with Crippen molar-refractivity contribution in [3.8, 4) is 5.75 Å². The third-order valence-electron chi connectivity index (χ3n) is 3.25. The summed E-state index contributed by atoms with van der Waals surface area (Å²) in [6.45, 7) is 0.851. The van der Waals surface area contributed by atoms with Gasteiger partial charge in [0.2, 0.25) is 5.91 Å².